The average Bonchev–Trinajstić information content (AvgIpc) is 2.64. The van der Waals surface area contributed by atoms with Crippen LogP contribution in [-0.4, -0.2) is 18.3 Å². The average molecular weight is 233 g/mol. The number of hydrogen-bond donors (Lipinski definition) is 2. The highest BCUT2D eigenvalue weighted by molar-refractivity contribution is 5.43. The van der Waals surface area contributed by atoms with Gasteiger partial charge in [-0.25, -0.2) is 0 Å². The van der Waals surface area contributed by atoms with Crippen LogP contribution in [0.3, 0.4) is 0 Å². The first-order chi connectivity index (χ1) is 8.13. The quantitative estimate of drug-likeness (QED) is 0.838. The molecule has 0 bridgehead atoms. The summed E-state index contributed by atoms with van der Waals surface area (Å²) in [5, 5.41) is 12.6. The SMILES string of the molecule is Cc1cccc2c1C(C)CC2NCC(C)CO. The molecule has 3 unspecified atom stereocenters. The van der Waals surface area contributed by atoms with Gasteiger partial charge in [-0.1, -0.05) is 32.0 Å². The third-order valence-electron chi connectivity index (χ3n) is 3.84. The molecule has 0 radical (unpaired) electrons. The molecule has 1 aliphatic rings. The number of aliphatic hydroxyl groups excluding tert-OH is 1. The van der Waals surface area contributed by atoms with Crippen molar-refractivity contribution in [2.45, 2.75) is 39.2 Å². The maximum atomic E-state index is 9.06. The highest BCUT2D eigenvalue weighted by atomic mass is 16.3. The largest absolute Gasteiger partial charge is 0.396 e. The third-order valence-corrected chi connectivity index (χ3v) is 3.84. The molecule has 2 heteroatoms. The summed E-state index contributed by atoms with van der Waals surface area (Å²) < 4.78 is 0. The van der Waals surface area contributed by atoms with Gasteiger partial charge in [0.2, 0.25) is 0 Å². The molecule has 2 N–H and O–H groups in total. The summed E-state index contributed by atoms with van der Waals surface area (Å²) >= 11 is 0. The van der Waals surface area contributed by atoms with Crippen LogP contribution >= 0.6 is 0 Å². The molecule has 0 amide bonds. The van der Waals surface area contributed by atoms with Crippen molar-refractivity contribution in [3.8, 4) is 0 Å². The Balaban J connectivity index is 2.12. The zero-order valence-corrected chi connectivity index (χ0v) is 11.0. The molecule has 17 heavy (non-hydrogen) atoms. The van der Waals surface area contributed by atoms with Crippen LogP contribution in [0.4, 0.5) is 0 Å². The fourth-order valence-corrected chi connectivity index (χ4v) is 2.88. The van der Waals surface area contributed by atoms with Gasteiger partial charge in [-0.15, -0.1) is 0 Å². The second-order valence-electron chi connectivity index (χ2n) is 5.46. The standard InChI is InChI=1S/C15H23NO/c1-10(9-17)8-16-14-7-12(3)15-11(2)5-4-6-13(14)15/h4-6,10,12,14,16-17H,7-9H2,1-3H3. The lowest BCUT2D eigenvalue weighted by atomic mass is 9.98. The normalized spacial score (nSPS) is 24.7. The Labute approximate surface area is 104 Å². The van der Waals surface area contributed by atoms with E-state index in [0.717, 1.165) is 6.54 Å². The molecule has 0 aliphatic heterocycles. The maximum absolute atomic E-state index is 9.06. The fourth-order valence-electron chi connectivity index (χ4n) is 2.88. The van der Waals surface area contributed by atoms with Crippen molar-refractivity contribution in [2.75, 3.05) is 13.2 Å². The van der Waals surface area contributed by atoms with E-state index in [1.165, 1.54) is 23.1 Å². The van der Waals surface area contributed by atoms with Gasteiger partial charge in [-0.3, -0.25) is 0 Å². The molecule has 0 saturated carbocycles. The van der Waals surface area contributed by atoms with Gasteiger partial charge in [0.05, 0.1) is 0 Å². The highest BCUT2D eigenvalue weighted by Gasteiger charge is 2.28. The summed E-state index contributed by atoms with van der Waals surface area (Å²) in [7, 11) is 0. The predicted octanol–water partition coefficient (Wildman–Crippen LogP) is 2.76. The number of hydrogen-bond acceptors (Lipinski definition) is 2. The van der Waals surface area contributed by atoms with E-state index in [2.05, 4.69) is 44.3 Å². The first-order valence-corrected chi connectivity index (χ1v) is 6.57. The molecule has 0 aromatic heterocycles. The summed E-state index contributed by atoms with van der Waals surface area (Å²) in [4.78, 5) is 0. The summed E-state index contributed by atoms with van der Waals surface area (Å²) in [5.74, 6) is 0.979. The Kier molecular flexibility index (Phi) is 3.85. The monoisotopic (exact) mass is 233 g/mol. The van der Waals surface area contributed by atoms with Gasteiger partial charge in [-0.2, -0.15) is 0 Å². The van der Waals surface area contributed by atoms with Crippen molar-refractivity contribution in [2.24, 2.45) is 5.92 Å². The minimum atomic E-state index is 0.260. The van der Waals surface area contributed by atoms with Crippen LogP contribution in [0, 0.1) is 12.8 Å². The van der Waals surface area contributed by atoms with Gasteiger partial charge in [-0.05, 0) is 41.9 Å². The number of nitrogens with one attached hydrogen (secondary N) is 1. The van der Waals surface area contributed by atoms with Crippen LogP contribution in [0.5, 0.6) is 0 Å². The molecular weight excluding hydrogens is 210 g/mol. The van der Waals surface area contributed by atoms with Crippen molar-refractivity contribution in [3.05, 3.63) is 34.9 Å². The maximum Gasteiger partial charge on any atom is 0.0468 e. The molecule has 2 nitrogen and oxygen atoms in total. The highest BCUT2D eigenvalue weighted by Crippen LogP contribution is 2.41. The molecule has 0 saturated heterocycles. The topological polar surface area (TPSA) is 32.3 Å². The lowest BCUT2D eigenvalue weighted by Crippen LogP contribution is -2.26. The first kappa shape index (κ1) is 12.6. The molecule has 0 fully saturated rings. The minimum absolute atomic E-state index is 0.260. The van der Waals surface area contributed by atoms with Gasteiger partial charge in [0.25, 0.3) is 0 Å². The van der Waals surface area contributed by atoms with Crippen LogP contribution in [0.2, 0.25) is 0 Å². The summed E-state index contributed by atoms with van der Waals surface area (Å²) in [6.07, 6.45) is 1.18. The zero-order valence-electron chi connectivity index (χ0n) is 11.0. The first-order valence-electron chi connectivity index (χ1n) is 6.57. The van der Waals surface area contributed by atoms with Gasteiger partial charge >= 0.3 is 0 Å². The van der Waals surface area contributed by atoms with Crippen molar-refractivity contribution in [1.29, 1.82) is 0 Å². The molecule has 1 aliphatic carbocycles. The molecule has 0 spiro atoms. The zero-order chi connectivity index (χ0) is 12.4. The van der Waals surface area contributed by atoms with Crippen LogP contribution in [-0.2, 0) is 0 Å². The summed E-state index contributed by atoms with van der Waals surface area (Å²) in [5.41, 5.74) is 4.40. The molecule has 0 heterocycles. The van der Waals surface area contributed by atoms with Crippen molar-refractivity contribution in [3.63, 3.8) is 0 Å². The van der Waals surface area contributed by atoms with Crippen LogP contribution in [0.1, 0.15) is 48.9 Å². The summed E-state index contributed by atoms with van der Waals surface area (Å²) in [6, 6.07) is 7.06. The second-order valence-corrected chi connectivity index (χ2v) is 5.46. The van der Waals surface area contributed by atoms with Crippen molar-refractivity contribution < 1.29 is 5.11 Å². The minimum Gasteiger partial charge on any atom is -0.396 e. The Bertz CT molecular complexity index is 389. The van der Waals surface area contributed by atoms with Crippen LogP contribution < -0.4 is 5.32 Å². The van der Waals surface area contributed by atoms with E-state index in [-0.39, 0.29) is 6.61 Å². The second kappa shape index (κ2) is 5.19. The third kappa shape index (κ3) is 2.53. The molecule has 3 atom stereocenters. The number of rotatable bonds is 4. The smallest absolute Gasteiger partial charge is 0.0468 e. The molecule has 1 aromatic carbocycles. The van der Waals surface area contributed by atoms with Crippen molar-refractivity contribution in [1.82, 2.24) is 5.32 Å². The lowest BCUT2D eigenvalue weighted by molar-refractivity contribution is 0.229. The number of aliphatic hydroxyl groups is 1. The van der Waals surface area contributed by atoms with Gasteiger partial charge in [0, 0.05) is 19.2 Å². The molecule has 2 rings (SSSR count). The number of fused-ring (bicyclic) bond motifs is 1. The fraction of sp³-hybridized carbons (Fsp3) is 0.600. The molecule has 94 valence electrons. The van der Waals surface area contributed by atoms with Crippen LogP contribution in [0.15, 0.2) is 18.2 Å². The molecular formula is C15H23NO. The van der Waals surface area contributed by atoms with Crippen LogP contribution in [0.25, 0.3) is 0 Å². The Morgan fingerprint density at radius 2 is 2.24 bits per heavy atom. The van der Waals surface area contributed by atoms with E-state index in [1.807, 2.05) is 0 Å². The van der Waals surface area contributed by atoms with E-state index < -0.39 is 0 Å². The lowest BCUT2D eigenvalue weighted by Gasteiger charge is -2.17. The van der Waals surface area contributed by atoms with Gasteiger partial charge < -0.3 is 10.4 Å². The predicted molar refractivity (Wildman–Crippen MR) is 71.2 cm³/mol. The Morgan fingerprint density at radius 1 is 1.47 bits per heavy atom. The molecule has 1 aromatic rings. The number of benzene rings is 1. The van der Waals surface area contributed by atoms with E-state index >= 15 is 0 Å². The number of aryl methyl sites for hydroxylation is 1. The van der Waals surface area contributed by atoms with E-state index in [9.17, 15) is 0 Å². The van der Waals surface area contributed by atoms with Crippen molar-refractivity contribution >= 4 is 0 Å². The van der Waals surface area contributed by atoms with Gasteiger partial charge in [0.1, 0.15) is 0 Å². The summed E-state index contributed by atoms with van der Waals surface area (Å²) in [6.45, 7) is 7.73. The van der Waals surface area contributed by atoms with E-state index in [4.69, 9.17) is 5.11 Å². The Morgan fingerprint density at radius 3 is 2.94 bits per heavy atom. The van der Waals surface area contributed by atoms with E-state index in [0.29, 0.717) is 17.9 Å². The Hall–Kier alpha value is -0.860. The van der Waals surface area contributed by atoms with Gasteiger partial charge in [0.15, 0.2) is 0 Å². The van der Waals surface area contributed by atoms with E-state index in [1.54, 1.807) is 0 Å².